The Morgan fingerprint density at radius 3 is 2.24 bits per heavy atom. The zero-order valence-electron chi connectivity index (χ0n) is 20.2. The minimum atomic E-state index is -3.90. The third-order valence-corrected chi connectivity index (χ3v) is 6.91. The molecule has 1 aliphatic carbocycles. The predicted octanol–water partition coefficient (Wildman–Crippen LogP) is 9.26. The van der Waals surface area contributed by atoms with Crippen LogP contribution in [0.1, 0.15) is 86.2 Å². The Bertz CT molecular complexity index is 894. The summed E-state index contributed by atoms with van der Waals surface area (Å²) in [5, 5.41) is 0. The number of halogens is 3. The van der Waals surface area contributed by atoms with Crippen LogP contribution in [-0.4, -0.2) is 6.11 Å². The molecule has 0 aliphatic heterocycles. The van der Waals surface area contributed by atoms with Crippen LogP contribution in [0.15, 0.2) is 73.3 Å². The summed E-state index contributed by atoms with van der Waals surface area (Å²) in [6.45, 7) is 5.40. The highest BCUT2D eigenvalue weighted by Gasteiger charge is 2.42. The number of aryl methyl sites for hydroxylation is 1. The molecule has 1 saturated carbocycles. The zero-order chi connectivity index (χ0) is 24.4. The minimum Gasteiger partial charge on any atom is -0.313 e. The van der Waals surface area contributed by atoms with Gasteiger partial charge in [-0.25, -0.2) is 4.39 Å². The Hall–Kier alpha value is -2.33. The van der Waals surface area contributed by atoms with E-state index in [0.29, 0.717) is 11.5 Å². The van der Waals surface area contributed by atoms with Crippen LogP contribution in [0.5, 0.6) is 0 Å². The van der Waals surface area contributed by atoms with Gasteiger partial charge in [-0.3, -0.25) is 0 Å². The van der Waals surface area contributed by atoms with Crippen molar-refractivity contribution in [3.05, 3.63) is 95.6 Å². The van der Waals surface area contributed by atoms with E-state index in [4.69, 9.17) is 4.74 Å². The summed E-state index contributed by atoms with van der Waals surface area (Å²) >= 11 is 0. The number of alkyl halides is 3. The van der Waals surface area contributed by atoms with Crippen molar-refractivity contribution in [2.75, 3.05) is 0 Å². The zero-order valence-corrected chi connectivity index (χ0v) is 20.2. The Labute approximate surface area is 202 Å². The molecule has 0 radical (unpaired) electrons. The molecule has 1 unspecified atom stereocenters. The van der Waals surface area contributed by atoms with E-state index in [1.54, 1.807) is 18.2 Å². The van der Waals surface area contributed by atoms with E-state index >= 15 is 0 Å². The summed E-state index contributed by atoms with van der Waals surface area (Å²) in [5.74, 6) is 1.33. The van der Waals surface area contributed by atoms with Gasteiger partial charge >= 0.3 is 6.11 Å². The number of hydrogen-bond acceptors (Lipinski definition) is 1. The highest BCUT2D eigenvalue weighted by Crippen LogP contribution is 2.39. The molecule has 0 bridgehead atoms. The van der Waals surface area contributed by atoms with Gasteiger partial charge in [0.2, 0.25) is 6.17 Å². The quantitative estimate of drug-likeness (QED) is 0.281. The highest BCUT2D eigenvalue weighted by atomic mass is 19.3. The number of allylic oxidation sites excluding steroid dienone is 3. The van der Waals surface area contributed by atoms with Gasteiger partial charge in [0, 0.05) is 0 Å². The first kappa shape index (κ1) is 26.3. The van der Waals surface area contributed by atoms with E-state index in [1.807, 2.05) is 24.3 Å². The molecule has 4 heteroatoms. The maximum Gasteiger partial charge on any atom is 0.391 e. The van der Waals surface area contributed by atoms with Gasteiger partial charge in [-0.05, 0) is 92.4 Å². The van der Waals surface area contributed by atoms with Crippen molar-refractivity contribution in [1.29, 1.82) is 0 Å². The van der Waals surface area contributed by atoms with Crippen molar-refractivity contribution in [3.8, 4) is 0 Å². The van der Waals surface area contributed by atoms with E-state index in [9.17, 15) is 13.2 Å². The molecule has 0 aromatic heterocycles. The first-order chi connectivity index (χ1) is 16.4. The Morgan fingerprint density at radius 2 is 1.62 bits per heavy atom. The van der Waals surface area contributed by atoms with Crippen molar-refractivity contribution in [2.45, 2.75) is 83.1 Å². The molecule has 2 aromatic rings. The smallest absolute Gasteiger partial charge is 0.313 e. The van der Waals surface area contributed by atoms with E-state index in [2.05, 4.69) is 25.7 Å². The molecule has 0 heterocycles. The lowest BCUT2D eigenvalue weighted by molar-refractivity contribution is -0.282. The van der Waals surface area contributed by atoms with Gasteiger partial charge in [0.15, 0.2) is 0 Å². The number of ether oxygens (including phenoxy) is 1. The van der Waals surface area contributed by atoms with Gasteiger partial charge in [0.25, 0.3) is 0 Å². The van der Waals surface area contributed by atoms with E-state index < -0.39 is 12.3 Å². The summed E-state index contributed by atoms with van der Waals surface area (Å²) < 4.78 is 48.1. The van der Waals surface area contributed by atoms with Gasteiger partial charge in [0.05, 0.1) is 6.61 Å². The summed E-state index contributed by atoms with van der Waals surface area (Å²) in [5.41, 5.74) is 2.75. The number of rotatable bonds is 12. The third kappa shape index (κ3) is 7.59. The molecule has 0 N–H and O–H groups in total. The fraction of sp³-hybridized carbons (Fsp3) is 0.467. The lowest BCUT2D eigenvalue weighted by atomic mass is 9.77. The first-order valence-corrected chi connectivity index (χ1v) is 12.5. The molecule has 3 rings (SSSR count). The molecule has 0 amide bonds. The van der Waals surface area contributed by atoms with Gasteiger partial charge in [0.1, 0.15) is 0 Å². The fourth-order valence-electron chi connectivity index (χ4n) is 4.74. The van der Waals surface area contributed by atoms with E-state index in [1.165, 1.54) is 49.8 Å². The number of benzene rings is 2. The van der Waals surface area contributed by atoms with Crippen LogP contribution in [0.4, 0.5) is 13.2 Å². The third-order valence-electron chi connectivity index (χ3n) is 6.91. The van der Waals surface area contributed by atoms with Crippen molar-refractivity contribution >= 4 is 0 Å². The molecule has 0 saturated heterocycles. The second-order valence-corrected chi connectivity index (χ2v) is 9.39. The molecule has 2 aromatic carbocycles. The van der Waals surface area contributed by atoms with Crippen molar-refractivity contribution in [3.63, 3.8) is 0 Å². The molecular formula is C30H37F3O. The highest BCUT2D eigenvalue weighted by molar-refractivity contribution is 5.27. The van der Waals surface area contributed by atoms with Gasteiger partial charge in [-0.15, -0.1) is 6.58 Å². The van der Waals surface area contributed by atoms with Gasteiger partial charge in [-0.1, -0.05) is 66.8 Å². The van der Waals surface area contributed by atoms with Crippen molar-refractivity contribution in [1.82, 2.24) is 0 Å². The molecule has 34 heavy (non-hydrogen) atoms. The fourth-order valence-corrected chi connectivity index (χ4v) is 4.74. The average molecular weight is 471 g/mol. The lowest BCUT2D eigenvalue weighted by Crippen LogP contribution is -2.27. The molecule has 1 fully saturated rings. The molecule has 1 aliphatic rings. The first-order valence-electron chi connectivity index (χ1n) is 12.5. The van der Waals surface area contributed by atoms with Crippen molar-refractivity contribution in [2.24, 2.45) is 5.92 Å². The van der Waals surface area contributed by atoms with Gasteiger partial charge in [-0.2, -0.15) is 8.78 Å². The van der Waals surface area contributed by atoms with Crippen LogP contribution < -0.4 is 0 Å². The molecule has 1 atom stereocenters. The Kier molecular flexibility index (Phi) is 10.0. The van der Waals surface area contributed by atoms with Crippen LogP contribution in [-0.2, 0) is 17.8 Å². The average Bonchev–Trinajstić information content (AvgIpc) is 2.87. The molecule has 1 nitrogen and oxygen atoms in total. The second-order valence-electron chi connectivity index (χ2n) is 9.39. The van der Waals surface area contributed by atoms with Crippen molar-refractivity contribution < 1.29 is 17.9 Å². The monoisotopic (exact) mass is 470 g/mol. The van der Waals surface area contributed by atoms with Crippen LogP contribution in [0.25, 0.3) is 0 Å². The van der Waals surface area contributed by atoms with Gasteiger partial charge < -0.3 is 4.74 Å². The van der Waals surface area contributed by atoms with E-state index in [-0.39, 0.29) is 12.2 Å². The Morgan fingerprint density at radius 1 is 0.971 bits per heavy atom. The van der Waals surface area contributed by atoms with Crippen LogP contribution in [0, 0.1) is 5.92 Å². The number of hydrogen-bond donors (Lipinski definition) is 0. The minimum absolute atomic E-state index is 0.0796. The standard InChI is InChI=1S/C30H37F3O/c1-3-5-7-9-24-10-16-26(17-11-24)27-18-14-25(15-19-27)22-34-30(32,33)29(31)28-20-12-23(13-21-28)8-6-4-2/h3-5,12-15,18-21,24,26,29H,2,6-11,16-17,22H2,1H3. The lowest BCUT2D eigenvalue weighted by Gasteiger charge is -2.28. The second kappa shape index (κ2) is 12.9. The van der Waals surface area contributed by atoms with Crippen LogP contribution in [0.2, 0.25) is 0 Å². The molecule has 0 spiro atoms. The van der Waals surface area contributed by atoms with Crippen LogP contribution in [0.3, 0.4) is 0 Å². The predicted molar refractivity (Wildman–Crippen MR) is 134 cm³/mol. The Balaban J connectivity index is 1.49. The normalized spacial score (nSPS) is 19.9. The topological polar surface area (TPSA) is 9.23 Å². The summed E-state index contributed by atoms with van der Waals surface area (Å²) in [6.07, 6.45) is 8.52. The maximum atomic E-state index is 14.5. The van der Waals surface area contributed by atoms with E-state index in [0.717, 1.165) is 30.7 Å². The summed E-state index contributed by atoms with van der Waals surface area (Å²) in [7, 11) is 0. The SMILES string of the molecule is C=CCCc1ccc(C(F)C(F)(F)OCc2ccc(C3CCC(CCC=CC)CC3)cc2)cc1. The van der Waals surface area contributed by atoms with Crippen LogP contribution >= 0.6 is 0 Å². The summed E-state index contributed by atoms with van der Waals surface area (Å²) in [6, 6.07) is 13.8. The summed E-state index contributed by atoms with van der Waals surface area (Å²) in [4.78, 5) is 0. The molecule has 184 valence electrons. The maximum absolute atomic E-state index is 14.5. The largest absolute Gasteiger partial charge is 0.391 e. The molecular weight excluding hydrogens is 433 g/mol.